The molecule has 124 valence electrons. The summed E-state index contributed by atoms with van der Waals surface area (Å²) in [6.45, 7) is 3.67. The minimum Gasteiger partial charge on any atom is -0.374 e. The second-order valence-corrected chi connectivity index (χ2v) is 5.73. The predicted octanol–water partition coefficient (Wildman–Crippen LogP) is 1.23. The summed E-state index contributed by atoms with van der Waals surface area (Å²) in [5.41, 5.74) is 0.933. The molecule has 0 N–H and O–H groups in total. The van der Waals surface area contributed by atoms with Gasteiger partial charge in [-0.2, -0.15) is 10.1 Å². The van der Waals surface area contributed by atoms with Gasteiger partial charge in [-0.05, 0) is 12.1 Å². The Kier molecular flexibility index (Phi) is 4.30. The van der Waals surface area contributed by atoms with E-state index in [1.165, 1.54) is 6.33 Å². The Bertz CT molecular complexity index is 758. The average Bonchev–Trinajstić information content (AvgIpc) is 3.28. The van der Waals surface area contributed by atoms with E-state index in [1.54, 1.807) is 11.0 Å². The molecule has 1 saturated heterocycles. The fourth-order valence-electron chi connectivity index (χ4n) is 2.79. The highest BCUT2D eigenvalue weighted by Gasteiger charge is 2.22. The van der Waals surface area contributed by atoms with Gasteiger partial charge in [0.2, 0.25) is 0 Å². The summed E-state index contributed by atoms with van der Waals surface area (Å²) in [5.74, 6) is 1.24. The minimum absolute atomic E-state index is 0.0842. The van der Waals surface area contributed by atoms with Crippen molar-refractivity contribution in [2.75, 3.05) is 19.7 Å². The van der Waals surface area contributed by atoms with Crippen molar-refractivity contribution in [3.8, 4) is 11.5 Å². The fraction of sp³-hybridized carbons (Fsp3) is 0.375. The third kappa shape index (κ3) is 3.50. The fourth-order valence-corrected chi connectivity index (χ4v) is 2.79. The summed E-state index contributed by atoms with van der Waals surface area (Å²) in [6.07, 6.45) is 3.32. The molecule has 0 unspecified atom stereocenters. The van der Waals surface area contributed by atoms with E-state index in [9.17, 15) is 0 Å². The number of nitrogens with zero attached hydrogens (tertiary/aromatic N) is 6. The van der Waals surface area contributed by atoms with Gasteiger partial charge in [-0.25, -0.2) is 4.98 Å². The molecule has 1 aliphatic heterocycles. The molecule has 3 heterocycles. The van der Waals surface area contributed by atoms with Crippen LogP contribution in [0.25, 0.3) is 11.5 Å². The predicted molar refractivity (Wildman–Crippen MR) is 84.8 cm³/mol. The van der Waals surface area contributed by atoms with Crippen LogP contribution in [0.4, 0.5) is 0 Å². The van der Waals surface area contributed by atoms with Gasteiger partial charge in [-0.3, -0.25) is 9.58 Å². The Labute approximate surface area is 139 Å². The van der Waals surface area contributed by atoms with Crippen molar-refractivity contribution in [1.29, 1.82) is 0 Å². The largest absolute Gasteiger partial charge is 0.374 e. The molecule has 3 aromatic rings. The molecule has 1 fully saturated rings. The summed E-state index contributed by atoms with van der Waals surface area (Å²) in [5, 5.41) is 8.21. The topological polar surface area (TPSA) is 82.1 Å². The average molecular weight is 326 g/mol. The molecule has 1 aliphatic rings. The van der Waals surface area contributed by atoms with Crippen LogP contribution in [0.3, 0.4) is 0 Å². The number of hydrogen-bond donors (Lipinski definition) is 0. The van der Waals surface area contributed by atoms with Crippen LogP contribution in [-0.2, 0) is 17.8 Å². The highest BCUT2D eigenvalue weighted by Crippen LogP contribution is 2.17. The van der Waals surface area contributed by atoms with Gasteiger partial charge >= 0.3 is 0 Å². The van der Waals surface area contributed by atoms with Crippen molar-refractivity contribution in [3.63, 3.8) is 0 Å². The quantitative estimate of drug-likeness (QED) is 0.697. The first-order valence-electron chi connectivity index (χ1n) is 7.91. The molecule has 0 spiro atoms. The Morgan fingerprint density at radius 2 is 2.12 bits per heavy atom. The molecule has 4 rings (SSSR count). The summed E-state index contributed by atoms with van der Waals surface area (Å²) < 4.78 is 12.9. The van der Waals surface area contributed by atoms with Crippen LogP contribution in [0.5, 0.6) is 0 Å². The highest BCUT2D eigenvalue weighted by molar-refractivity contribution is 5.51. The van der Waals surface area contributed by atoms with Gasteiger partial charge < -0.3 is 9.26 Å². The van der Waals surface area contributed by atoms with E-state index in [0.717, 1.165) is 18.7 Å². The molecule has 8 nitrogen and oxygen atoms in total. The second-order valence-electron chi connectivity index (χ2n) is 5.73. The third-order valence-electron chi connectivity index (χ3n) is 3.93. The lowest BCUT2D eigenvalue weighted by atomic mass is 10.2. The van der Waals surface area contributed by atoms with E-state index in [4.69, 9.17) is 9.26 Å². The van der Waals surface area contributed by atoms with Gasteiger partial charge in [-0.15, -0.1) is 0 Å². The molecule has 8 heteroatoms. The van der Waals surface area contributed by atoms with Crippen molar-refractivity contribution in [1.82, 2.24) is 29.8 Å². The SMILES string of the molecule is c1ccc(-c2nc(CN3CCO[C@@H](Cn4cncn4)C3)no2)cc1. The van der Waals surface area contributed by atoms with Crippen molar-refractivity contribution in [3.05, 3.63) is 48.8 Å². The lowest BCUT2D eigenvalue weighted by Gasteiger charge is -2.31. The van der Waals surface area contributed by atoms with E-state index in [2.05, 4.69) is 25.1 Å². The first-order chi connectivity index (χ1) is 11.9. The molecule has 0 radical (unpaired) electrons. The lowest BCUT2D eigenvalue weighted by molar-refractivity contribution is -0.0411. The number of morpholine rings is 1. The Balaban J connectivity index is 1.37. The zero-order valence-corrected chi connectivity index (χ0v) is 13.2. The molecule has 0 saturated carbocycles. The maximum atomic E-state index is 5.80. The summed E-state index contributed by atoms with van der Waals surface area (Å²) in [4.78, 5) is 10.7. The monoisotopic (exact) mass is 326 g/mol. The van der Waals surface area contributed by atoms with E-state index < -0.39 is 0 Å². The highest BCUT2D eigenvalue weighted by atomic mass is 16.5. The van der Waals surface area contributed by atoms with Crippen LogP contribution in [0, 0.1) is 0 Å². The zero-order chi connectivity index (χ0) is 16.2. The minimum atomic E-state index is 0.0842. The maximum absolute atomic E-state index is 5.80. The van der Waals surface area contributed by atoms with Crippen LogP contribution in [0.1, 0.15) is 5.82 Å². The molecule has 0 aliphatic carbocycles. The van der Waals surface area contributed by atoms with Gasteiger partial charge in [0.1, 0.15) is 12.7 Å². The smallest absolute Gasteiger partial charge is 0.257 e. The summed E-state index contributed by atoms with van der Waals surface area (Å²) in [6, 6.07) is 9.79. The standard InChI is InChI=1S/C16H18N6O2/c1-2-4-13(5-3-1)16-19-15(20-24-16)10-21-6-7-23-14(8-21)9-22-12-17-11-18-22/h1-5,11-12,14H,6-10H2/t14-/m1/s1. The van der Waals surface area contributed by atoms with Crippen molar-refractivity contribution < 1.29 is 9.26 Å². The molecule has 2 aromatic heterocycles. The molecule has 0 amide bonds. The number of benzene rings is 1. The van der Waals surface area contributed by atoms with Crippen LogP contribution in [-0.4, -0.2) is 55.6 Å². The van der Waals surface area contributed by atoms with E-state index in [1.807, 2.05) is 30.3 Å². The van der Waals surface area contributed by atoms with Crippen molar-refractivity contribution in [2.45, 2.75) is 19.2 Å². The van der Waals surface area contributed by atoms with Crippen LogP contribution < -0.4 is 0 Å². The number of rotatable bonds is 5. The Morgan fingerprint density at radius 3 is 2.96 bits per heavy atom. The van der Waals surface area contributed by atoms with Crippen molar-refractivity contribution >= 4 is 0 Å². The van der Waals surface area contributed by atoms with Gasteiger partial charge in [0.25, 0.3) is 5.89 Å². The van der Waals surface area contributed by atoms with E-state index in [0.29, 0.717) is 31.4 Å². The molecule has 1 atom stereocenters. The molecular formula is C16H18N6O2. The zero-order valence-electron chi connectivity index (χ0n) is 13.2. The molecular weight excluding hydrogens is 308 g/mol. The van der Waals surface area contributed by atoms with E-state index >= 15 is 0 Å². The molecule has 0 bridgehead atoms. The summed E-state index contributed by atoms with van der Waals surface area (Å²) in [7, 11) is 0. The van der Waals surface area contributed by atoms with Gasteiger partial charge in [0.05, 0.1) is 25.8 Å². The van der Waals surface area contributed by atoms with Crippen LogP contribution >= 0.6 is 0 Å². The number of ether oxygens (including phenoxy) is 1. The first-order valence-corrected chi connectivity index (χ1v) is 7.91. The maximum Gasteiger partial charge on any atom is 0.257 e. The lowest BCUT2D eigenvalue weighted by Crippen LogP contribution is -2.43. The van der Waals surface area contributed by atoms with Crippen molar-refractivity contribution in [2.24, 2.45) is 0 Å². The van der Waals surface area contributed by atoms with Crippen LogP contribution in [0.2, 0.25) is 0 Å². The first kappa shape index (κ1) is 15.0. The normalized spacial score (nSPS) is 18.8. The summed E-state index contributed by atoms with van der Waals surface area (Å²) >= 11 is 0. The van der Waals surface area contributed by atoms with Gasteiger partial charge in [0.15, 0.2) is 5.82 Å². The number of hydrogen-bond acceptors (Lipinski definition) is 7. The molecule has 24 heavy (non-hydrogen) atoms. The molecule has 1 aromatic carbocycles. The Hall–Kier alpha value is -2.58. The van der Waals surface area contributed by atoms with Gasteiger partial charge in [-0.1, -0.05) is 23.4 Å². The van der Waals surface area contributed by atoms with Crippen LogP contribution in [0.15, 0.2) is 47.5 Å². The number of aromatic nitrogens is 5. The van der Waals surface area contributed by atoms with Gasteiger partial charge in [0, 0.05) is 18.7 Å². The second kappa shape index (κ2) is 6.90. The van der Waals surface area contributed by atoms with E-state index in [-0.39, 0.29) is 6.10 Å². The Morgan fingerprint density at radius 1 is 1.21 bits per heavy atom. The third-order valence-corrected chi connectivity index (χ3v) is 3.93.